The highest BCUT2D eigenvalue weighted by Crippen LogP contribution is 2.21. The van der Waals surface area contributed by atoms with E-state index in [2.05, 4.69) is 0 Å². The summed E-state index contributed by atoms with van der Waals surface area (Å²) in [5.74, 6) is -0.0134. The number of halogens is 1. The summed E-state index contributed by atoms with van der Waals surface area (Å²) >= 11 is 7.01. The quantitative estimate of drug-likeness (QED) is 0.788. The highest BCUT2D eigenvalue weighted by Gasteiger charge is 2.08. The van der Waals surface area contributed by atoms with Crippen LogP contribution in [0.15, 0.2) is 41.5 Å². The normalized spacial score (nSPS) is 10.3. The summed E-state index contributed by atoms with van der Waals surface area (Å²) in [5.41, 5.74) is -0.0668. The van der Waals surface area contributed by atoms with Gasteiger partial charge in [-0.3, -0.25) is 9.59 Å². The van der Waals surface area contributed by atoms with E-state index in [0.717, 1.165) is 0 Å². The molecule has 0 saturated heterocycles. The second-order valence-electron chi connectivity index (χ2n) is 3.23. The lowest BCUT2D eigenvalue weighted by atomic mass is 10.3. The van der Waals surface area contributed by atoms with Gasteiger partial charge >= 0.3 is 0 Å². The molecule has 0 aliphatic rings. The van der Waals surface area contributed by atoms with Gasteiger partial charge in [-0.25, -0.2) is 0 Å². The number of rotatable bonds is 3. The molecule has 0 amide bonds. The van der Waals surface area contributed by atoms with E-state index in [1.165, 1.54) is 23.5 Å². The van der Waals surface area contributed by atoms with Crippen molar-refractivity contribution in [1.82, 2.24) is 4.57 Å². The van der Waals surface area contributed by atoms with E-state index in [0.29, 0.717) is 9.21 Å². The first kappa shape index (κ1) is 11.1. The topological polar surface area (TPSA) is 39.1 Å². The molecular weight excluding hydrogens is 246 g/mol. The van der Waals surface area contributed by atoms with Crippen LogP contribution in [-0.4, -0.2) is 10.4 Å². The molecule has 2 aromatic rings. The van der Waals surface area contributed by atoms with E-state index >= 15 is 0 Å². The molecule has 82 valence electrons. The van der Waals surface area contributed by atoms with Crippen LogP contribution in [-0.2, 0) is 6.54 Å². The van der Waals surface area contributed by atoms with Gasteiger partial charge in [-0.1, -0.05) is 11.6 Å². The first-order valence-electron chi connectivity index (χ1n) is 4.60. The molecule has 0 spiro atoms. The van der Waals surface area contributed by atoms with Crippen molar-refractivity contribution in [3.8, 4) is 0 Å². The van der Waals surface area contributed by atoms with Gasteiger partial charge in [0, 0.05) is 24.5 Å². The largest absolute Gasteiger partial charge is 0.346 e. The number of hydrogen-bond acceptors (Lipinski definition) is 3. The molecule has 0 aliphatic carbocycles. The summed E-state index contributed by atoms with van der Waals surface area (Å²) < 4.78 is 2.26. The Morgan fingerprint density at radius 3 is 2.50 bits per heavy atom. The van der Waals surface area contributed by atoms with Gasteiger partial charge in [0.1, 0.15) is 0 Å². The number of aromatic nitrogens is 1. The highest BCUT2D eigenvalue weighted by molar-refractivity contribution is 7.18. The lowest BCUT2D eigenvalue weighted by Gasteiger charge is -2.02. The smallest absolute Gasteiger partial charge is 0.192 e. The van der Waals surface area contributed by atoms with Crippen molar-refractivity contribution in [3.05, 3.63) is 56.1 Å². The molecule has 2 heterocycles. The van der Waals surface area contributed by atoms with Crippen LogP contribution in [0.3, 0.4) is 0 Å². The van der Waals surface area contributed by atoms with Crippen molar-refractivity contribution in [2.45, 2.75) is 6.54 Å². The third kappa shape index (κ3) is 2.59. The number of carbonyl (C=O) groups excluding carboxylic acids is 1. The number of nitrogens with zero attached hydrogens (tertiary/aromatic N) is 1. The fraction of sp³-hybridized carbons (Fsp3) is 0.0909. The maximum absolute atomic E-state index is 11.8. The molecule has 0 radical (unpaired) electrons. The Labute approximate surface area is 101 Å². The lowest BCUT2D eigenvalue weighted by molar-refractivity contribution is 0.0976. The minimum atomic E-state index is -0.0668. The Kier molecular flexibility index (Phi) is 3.22. The maximum Gasteiger partial charge on any atom is 0.192 e. The first-order chi connectivity index (χ1) is 7.65. The van der Waals surface area contributed by atoms with E-state index in [1.54, 1.807) is 29.1 Å². The van der Waals surface area contributed by atoms with Gasteiger partial charge in [-0.15, -0.1) is 11.3 Å². The van der Waals surface area contributed by atoms with Crippen LogP contribution < -0.4 is 5.43 Å². The minimum Gasteiger partial charge on any atom is -0.346 e. The Hall–Kier alpha value is -1.39. The Balaban J connectivity index is 2.13. The number of hydrogen-bond donors (Lipinski definition) is 0. The van der Waals surface area contributed by atoms with E-state index in [4.69, 9.17) is 11.6 Å². The molecule has 0 atom stereocenters. The summed E-state index contributed by atoms with van der Waals surface area (Å²) in [6, 6.07) is 6.26. The van der Waals surface area contributed by atoms with Crippen LogP contribution >= 0.6 is 22.9 Å². The molecule has 0 fully saturated rings. The Bertz CT molecular complexity index is 553. The fourth-order valence-electron chi connectivity index (χ4n) is 1.26. The highest BCUT2D eigenvalue weighted by atomic mass is 35.5. The summed E-state index contributed by atoms with van der Waals surface area (Å²) in [7, 11) is 0. The van der Waals surface area contributed by atoms with Gasteiger partial charge < -0.3 is 4.57 Å². The molecule has 0 N–H and O–H groups in total. The number of pyridine rings is 1. The van der Waals surface area contributed by atoms with Crippen molar-refractivity contribution in [1.29, 1.82) is 0 Å². The zero-order valence-electron chi connectivity index (χ0n) is 8.22. The molecule has 0 aromatic carbocycles. The molecule has 16 heavy (non-hydrogen) atoms. The van der Waals surface area contributed by atoms with Gasteiger partial charge in [0.2, 0.25) is 0 Å². The van der Waals surface area contributed by atoms with Gasteiger partial charge in [-0.05, 0) is 12.1 Å². The Morgan fingerprint density at radius 2 is 1.94 bits per heavy atom. The van der Waals surface area contributed by atoms with Crippen LogP contribution in [0, 0.1) is 0 Å². The second kappa shape index (κ2) is 4.63. The van der Waals surface area contributed by atoms with Gasteiger partial charge in [0.15, 0.2) is 11.2 Å². The molecule has 0 unspecified atom stereocenters. The molecule has 2 rings (SSSR count). The average molecular weight is 254 g/mol. The zero-order valence-corrected chi connectivity index (χ0v) is 9.79. The zero-order chi connectivity index (χ0) is 11.5. The van der Waals surface area contributed by atoms with Crippen LogP contribution in [0.4, 0.5) is 0 Å². The van der Waals surface area contributed by atoms with Gasteiger partial charge in [0.25, 0.3) is 0 Å². The van der Waals surface area contributed by atoms with E-state index in [-0.39, 0.29) is 17.8 Å². The Morgan fingerprint density at radius 1 is 1.25 bits per heavy atom. The molecule has 3 nitrogen and oxygen atoms in total. The third-order valence-electron chi connectivity index (χ3n) is 2.03. The van der Waals surface area contributed by atoms with Gasteiger partial charge in [0.05, 0.1) is 15.8 Å². The standard InChI is InChI=1S/C11H8ClNO2S/c12-11-2-1-10(16-11)9(15)7-13-5-3-8(14)4-6-13/h1-6H,7H2. The monoisotopic (exact) mass is 253 g/mol. The summed E-state index contributed by atoms with van der Waals surface area (Å²) in [4.78, 5) is 23.3. The van der Waals surface area contributed by atoms with Crippen molar-refractivity contribution >= 4 is 28.7 Å². The maximum atomic E-state index is 11.8. The lowest BCUT2D eigenvalue weighted by Crippen LogP contribution is -2.10. The van der Waals surface area contributed by atoms with Crippen LogP contribution in [0.2, 0.25) is 4.34 Å². The average Bonchev–Trinajstić information content (AvgIpc) is 2.68. The predicted octanol–water partition coefficient (Wildman–Crippen LogP) is 2.45. The van der Waals surface area contributed by atoms with Crippen LogP contribution in [0.5, 0.6) is 0 Å². The summed E-state index contributed by atoms with van der Waals surface area (Å²) in [5, 5.41) is 0. The van der Waals surface area contributed by atoms with E-state index in [9.17, 15) is 9.59 Å². The predicted molar refractivity (Wildman–Crippen MR) is 64.4 cm³/mol. The minimum absolute atomic E-state index is 0.0134. The first-order valence-corrected chi connectivity index (χ1v) is 5.79. The number of ketones is 1. The summed E-state index contributed by atoms with van der Waals surface area (Å²) in [6.45, 7) is 0.219. The van der Waals surface area contributed by atoms with Crippen molar-refractivity contribution < 1.29 is 4.79 Å². The second-order valence-corrected chi connectivity index (χ2v) is 4.95. The molecular formula is C11H8ClNO2S. The van der Waals surface area contributed by atoms with Crippen molar-refractivity contribution in [2.75, 3.05) is 0 Å². The number of Topliss-reactive ketones (excluding diaryl/α,β-unsaturated/α-hetero) is 1. The van der Waals surface area contributed by atoms with Crippen molar-refractivity contribution in [2.24, 2.45) is 0 Å². The molecule has 0 saturated carbocycles. The molecule has 2 aromatic heterocycles. The van der Waals surface area contributed by atoms with E-state index < -0.39 is 0 Å². The van der Waals surface area contributed by atoms with Crippen LogP contribution in [0.25, 0.3) is 0 Å². The van der Waals surface area contributed by atoms with Crippen LogP contribution in [0.1, 0.15) is 9.67 Å². The molecule has 0 aliphatic heterocycles. The molecule has 5 heteroatoms. The van der Waals surface area contributed by atoms with E-state index in [1.807, 2.05) is 0 Å². The van der Waals surface area contributed by atoms with Crippen molar-refractivity contribution in [3.63, 3.8) is 0 Å². The third-order valence-corrected chi connectivity index (χ3v) is 3.31. The SMILES string of the molecule is O=C(Cn1ccc(=O)cc1)c1ccc(Cl)s1. The number of thiophene rings is 1. The van der Waals surface area contributed by atoms with Gasteiger partial charge in [-0.2, -0.15) is 0 Å². The summed E-state index contributed by atoms with van der Waals surface area (Å²) in [6.07, 6.45) is 3.19. The molecule has 0 bridgehead atoms. The number of carbonyl (C=O) groups is 1. The fourth-order valence-corrected chi connectivity index (χ4v) is 2.23.